The Kier molecular flexibility index (Phi) is 8.02. The third-order valence-corrected chi connectivity index (χ3v) is 6.80. The van der Waals surface area contributed by atoms with Gasteiger partial charge < -0.3 is 10.3 Å². The van der Waals surface area contributed by atoms with Crippen molar-refractivity contribution in [3.8, 4) is 11.5 Å². The fourth-order valence-corrected chi connectivity index (χ4v) is 4.70. The predicted octanol–water partition coefficient (Wildman–Crippen LogP) is 8.01. The number of H-pyrrole nitrogens is 2. The minimum atomic E-state index is 0.690. The van der Waals surface area contributed by atoms with E-state index in [1.54, 1.807) is 24.5 Å². The van der Waals surface area contributed by atoms with Gasteiger partial charge in [0, 0.05) is 40.4 Å². The maximum atomic E-state index is 4.98. The summed E-state index contributed by atoms with van der Waals surface area (Å²) in [6.07, 6.45) is 13.2. The highest BCUT2D eigenvalue weighted by Crippen LogP contribution is 2.32. The zero-order valence-electron chi connectivity index (χ0n) is 23.3. The highest BCUT2D eigenvalue weighted by atomic mass is 15.1. The second-order valence-electron chi connectivity index (χ2n) is 9.46. The Hall–Kier alpha value is -5.49. The Morgan fingerprint density at radius 1 is 0.951 bits per heavy atom. The van der Waals surface area contributed by atoms with Crippen molar-refractivity contribution in [2.45, 2.75) is 13.8 Å². The Morgan fingerprint density at radius 2 is 1.73 bits per heavy atom. The van der Waals surface area contributed by atoms with Crippen molar-refractivity contribution in [2.75, 3.05) is 0 Å². The van der Waals surface area contributed by atoms with E-state index >= 15 is 0 Å². The van der Waals surface area contributed by atoms with Crippen molar-refractivity contribution in [3.63, 3.8) is 0 Å². The Labute approximate surface area is 240 Å². The topological polar surface area (TPSA) is 82.3 Å². The molecule has 6 heteroatoms. The molecule has 202 valence electrons. The maximum absolute atomic E-state index is 4.98. The van der Waals surface area contributed by atoms with Crippen LogP contribution < -0.4 is 5.32 Å². The summed E-state index contributed by atoms with van der Waals surface area (Å²) in [5, 5.41) is 12.1. The first kappa shape index (κ1) is 27.1. The lowest BCUT2D eigenvalue weighted by molar-refractivity contribution is 1.10. The molecule has 5 aromatic rings. The van der Waals surface area contributed by atoms with Gasteiger partial charge in [-0.05, 0) is 72.5 Å². The van der Waals surface area contributed by atoms with E-state index in [1.165, 1.54) is 0 Å². The number of hydrogen-bond donors (Lipinski definition) is 3. The monoisotopic (exact) mass is 536 g/mol. The van der Waals surface area contributed by atoms with Crippen LogP contribution in [0.1, 0.15) is 35.0 Å². The van der Waals surface area contributed by atoms with E-state index in [4.69, 9.17) is 4.98 Å². The number of aromatic nitrogens is 5. The molecule has 0 bridgehead atoms. The van der Waals surface area contributed by atoms with E-state index in [0.29, 0.717) is 5.82 Å². The van der Waals surface area contributed by atoms with Crippen LogP contribution in [-0.2, 0) is 0 Å². The third kappa shape index (κ3) is 5.77. The first-order valence-corrected chi connectivity index (χ1v) is 13.3. The molecule has 0 spiro atoms. The van der Waals surface area contributed by atoms with E-state index in [9.17, 15) is 0 Å². The predicted molar refractivity (Wildman–Crippen MR) is 170 cm³/mol. The van der Waals surface area contributed by atoms with E-state index in [-0.39, 0.29) is 0 Å². The van der Waals surface area contributed by atoms with Crippen LogP contribution in [0.2, 0.25) is 0 Å². The fraction of sp³-hybridized carbons (Fsp3) is 0.0571. The molecule has 0 atom stereocenters. The number of nitrogens with zero attached hydrogens (tertiary/aromatic N) is 3. The molecule has 3 N–H and O–H groups in total. The van der Waals surface area contributed by atoms with Gasteiger partial charge in [-0.3, -0.25) is 10.1 Å². The number of allylic oxidation sites excluding steroid dienone is 6. The summed E-state index contributed by atoms with van der Waals surface area (Å²) >= 11 is 0. The molecule has 0 aliphatic carbocycles. The number of nitrogens with one attached hydrogen (secondary N) is 3. The maximum Gasteiger partial charge on any atom is 0.159 e. The average Bonchev–Trinajstić information content (AvgIpc) is 3.61. The summed E-state index contributed by atoms with van der Waals surface area (Å²) in [5.41, 5.74) is 10.2. The smallest absolute Gasteiger partial charge is 0.159 e. The van der Waals surface area contributed by atoms with Crippen molar-refractivity contribution in [1.29, 1.82) is 0 Å². The van der Waals surface area contributed by atoms with Gasteiger partial charge >= 0.3 is 0 Å². The minimum Gasteiger partial charge on any atom is -0.356 e. The molecule has 0 saturated heterocycles. The van der Waals surface area contributed by atoms with E-state index < -0.39 is 0 Å². The average molecular weight is 537 g/mol. The highest BCUT2D eigenvalue weighted by molar-refractivity contribution is 5.95. The summed E-state index contributed by atoms with van der Waals surface area (Å²) in [5.74, 6) is 0.690. The summed E-state index contributed by atoms with van der Waals surface area (Å²) in [6.45, 7) is 16.1. The molecule has 3 heterocycles. The fourth-order valence-electron chi connectivity index (χ4n) is 4.70. The number of fused-ring (bicyclic) bond motifs is 1. The number of aromatic amines is 2. The van der Waals surface area contributed by atoms with E-state index in [2.05, 4.69) is 69.5 Å². The standard InChI is InChI=1S/C35H32N6/c1-6-12-30(27-17-19-36-20-18-27)33-24(5)38-35(39-33)34-31-22-28(15-16-32(31)40-41-34)25(7-2)21-29(8-3)37-23(4)26-13-10-9-11-14-26/h6-22,37H,1,3-4H2,2,5H3,(H,38,39)(H,40,41)/b25-7+,29-21+,30-12-. The lowest BCUT2D eigenvalue weighted by Crippen LogP contribution is -2.09. The molecule has 2 aromatic carbocycles. The lowest BCUT2D eigenvalue weighted by atomic mass is 10.0. The first-order chi connectivity index (χ1) is 20.0. The second-order valence-corrected chi connectivity index (χ2v) is 9.46. The molecule has 0 aliphatic rings. The first-order valence-electron chi connectivity index (χ1n) is 13.3. The minimum absolute atomic E-state index is 0.690. The third-order valence-electron chi connectivity index (χ3n) is 6.80. The van der Waals surface area contributed by atoms with Gasteiger partial charge in [-0.2, -0.15) is 5.10 Å². The zero-order valence-corrected chi connectivity index (χ0v) is 23.3. The number of aryl methyl sites for hydroxylation is 1. The van der Waals surface area contributed by atoms with Gasteiger partial charge in [0.05, 0.1) is 11.2 Å². The van der Waals surface area contributed by atoms with Crippen LogP contribution in [0.4, 0.5) is 0 Å². The van der Waals surface area contributed by atoms with Crippen molar-refractivity contribution in [1.82, 2.24) is 30.5 Å². The Morgan fingerprint density at radius 3 is 2.44 bits per heavy atom. The molecule has 3 aromatic heterocycles. The zero-order chi connectivity index (χ0) is 28.8. The number of imidazole rings is 1. The van der Waals surface area contributed by atoms with Gasteiger partial charge in [0.15, 0.2) is 5.82 Å². The summed E-state index contributed by atoms with van der Waals surface area (Å²) in [7, 11) is 0. The van der Waals surface area contributed by atoms with Crippen molar-refractivity contribution >= 4 is 27.7 Å². The molecule has 0 radical (unpaired) electrons. The van der Waals surface area contributed by atoms with Gasteiger partial charge in [-0.15, -0.1) is 0 Å². The van der Waals surface area contributed by atoms with Gasteiger partial charge in [-0.25, -0.2) is 4.98 Å². The van der Waals surface area contributed by atoms with Crippen LogP contribution in [0.3, 0.4) is 0 Å². The molecule has 0 amide bonds. The number of rotatable bonds is 10. The van der Waals surface area contributed by atoms with Crippen LogP contribution in [0, 0.1) is 6.92 Å². The molecule has 5 rings (SSSR count). The van der Waals surface area contributed by atoms with Crippen LogP contribution in [0.25, 0.3) is 39.3 Å². The summed E-state index contributed by atoms with van der Waals surface area (Å²) in [6, 6.07) is 20.2. The molecule has 0 fully saturated rings. The molecule has 0 saturated carbocycles. The van der Waals surface area contributed by atoms with Crippen LogP contribution in [0.15, 0.2) is 129 Å². The number of hydrogen-bond acceptors (Lipinski definition) is 4. The highest BCUT2D eigenvalue weighted by Gasteiger charge is 2.18. The summed E-state index contributed by atoms with van der Waals surface area (Å²) in [4.78, 5) is 12.6. The van der Waals surface area contributed by atoms with Crippen LogP contribution in [0.5, 0.6) is 0 Å². The molecule has 6 nitrogen and oxygen atoms in total. The Bertz CT molecular complexity index is 1810. The second kappa shape index (κ2) is 12.1. The van der Waals surface area contributed by atoms with Gasteiger partial charge in [-0.1, -0.05) is 74.4 Å². The molecule has 0 aliphatic heterocycles. The normalized spacial score (nSPS) is 12.4. The largest absolute Gasteiger partial charge is 0.356 e. The molecular formula is C35H32N6. The van der Waals surface area contributed by atoms with Crippen molar-refractivity contribution < 1.29 is 0 Å². The molecule has 0 unspecified atom stereocenters. The quantitative estimate of drug-likeness (QED) is 0.158. The van der Waals surface area contributed by atoms with Crippen LogP contribution in [-0.4, -0.2) is 25.1 Å². The number of benzene rings is 2. The van der Waals surface area contributed by atoms with Crippen LogP contribution >= 0.6 is 0 Å². The van der Waals surface area contributed by atoms with Gasteiger partial charge in [0.25, 0.3) is 0 Å². The van der Waals surface area contributed by atoms with Gasteiger partial charge in [0.1, 0.15) is 5.69 Å². The summed E-state index contributed by atoms with van der Waals surface area (Å²) < 4.78 is 0. The molecular weight excluding hydrogens is 504 g/mol. The SMILES string of the molecule is C=C/C=C(/c1ccncc1)c1nc(-c2n[nH]c3ccc(C(/C=C(\C=C)NC(=C)c4ccccc4)=C/C)cc23)[nH]c1C. The number of pyridine rings is 1. The van der Waals surface area contributed by atoms with Gasteiger partial charge in [0.2, 0.25) is 0 Å². The van der Waals surface area contributed by atoms with E-state index in [0.717, 1.165) is 67.2 Å². The van der Waals surface area contributed by atoms with Crippen molar-refractivity contribution in [2.24, 2.45) is 0 Å². The lowest BCUT2D eigenvalue weighted by Gasteiger charge is -2.12. The Balaban J connectivity index is 1.49. The molecule has 41 heavy (non-hydrogen) atoms. The van der Waals surface area contributed by atoms with Crippen molar-refractivity contribution in [3.05, 3.63) is 157 Å². The van der Waals surface area contributed by atoms with E-state index in [1.807, 2.05) is 68.5 Å².